The topological polar surface area (TPSA) is 61.4 Å². The summed E-state index contributed by atoms with van der Waals surface area (Å²) in [5.74, 6) is -0.564. The van der Waals surface area contributed by atoms with Gasteiger partial charge in [0, 0.05) is 18.8 Å². The predicted molar refractivity (Wildman–Crippen MR) is 89.9 cm³/mol. The first-order valence-corrected chi connectivity index (χ1v) is 7.47. The summed E-state index contributed by atoms with van der Waals surface area (Å²) in [7, 11) is 3.87. The Kier molecular flexibility index (Phi) is 6.11. The Morgan fingerprint density at radius 1 is 1.09 bits per heavy atom. The highest BCUT2D eigenvalue weighted by atomic mass is 16.2. The second kappa shape index (κ2) is 7.40. The molecule has 5 nitrogen and oxygen atoms in total. The Hall–Kier alpha value is -1.88. The number of nitrogens with one attached hydrogen (secondary N) is 2. The maximum atomic E-state index is 12.5. The molecule has 1 aromatic rings. The van der Waals surface area contributed by atoms with Crippen LogP contribution < -0.4 is 10.6 Å². The average molecular weight is 305 g/mol. The summed E-state index contributed by atoms with van der Waals surface area (Å²) in [4.78, 5) is 26.7. The maximum absolute atomic E-state index is 12.5. The Morgan fingerprint density at radius 3 is 2.14 bits per heavy atom. The van der Waals surface area contributed by atoms with E-state index < -0.39 is 5.41 Å². The van der Waals surface area contributed by atoms with Crippen molar-refractivity contribution in [2.24, 2.45) is 5.41 Å². The van der Waals surface area contributed by atoms with Crippen LogP contribution in [0.3, 0.4) is 0 Å². The van der Waals surface area contributed by atoms with Crippen LogP contribution in [0.1, 0.15) is 25.0 Å². The average Bonchev–Trinajstić information content (AvgIpc) is 2.42. The number of carbonyl (C=O) groups is 2. The Morgan fingerprint density at radius 2 is 1.64 bits per heavy atom. The highest BCUT2D eigenvalue weighted by molar-refractivity contribution is 6.10. The van der Waals surface area contributed by atoms with Crippen LogP contribution in [0.5, 0.6) is 0 Å². The van der Waals surface area contributed by atoms with E-state index in [-0.39, 0.29) is 11.8 Å². The van der Waals surface area contributed by atoms with E-state index in [1.807, 2.05) is 51.0 Å². The van der Waals surface area contributed by atoms with Crippen molar-refractivity contribution in [1.29, 1.82) is 0 Å². The number of likely N-dealkylation sites (N-methyl/N-ethyl adjacent to an activating group) is 1. The van der Waals surface area contributed by atoms with Crippen LogP contribution in [0.2, 0.25) is 0 Å². The number of carbonyl (C=O) groups excluding carboxylic acids is 2. The number of hydrogen-bond acceptors (Lipinski definition) is 3. The van der Waals surface area contributed by atoms with Crippen LogP contribution >= 0.6 is 0 Å². The first-order valence-electron chi connectivity index (χ1n) is 7.47. The van der Waals surface area contributed by atoms with E-state index in [4.69, 9.17) is 0 Å². The van der Waals surface area contributed by atoms with E-state index in [2.05, 4.69) is 10.6 Å². The number of aryl methyl sites for hydroxylation is 2. The molecule has 0 spiro atoms. The first-order chi connectivity index (χ1) is 10.2. The van der Waals surface area contributed by atoms with E-state index in [1.54, 1.807) is 13.8 Å². The van der Waals surface area contributed by atoms with Crippen LogP contribution in [0, 0.1) is 19.3 Å². The molecule has 0 aromatic heterocycles. The van der Waals surface area contributed by atoms with E-state index >= 15 is 0 Å². The van der Waals surface area contributed by atoms with Crippen LogP contribution in [0.15, 0.2) is 18.2 Å². The maximum Gasteiger partial charge on any atom is 0.239 e. The fraction of sp³-hybridized carbons (Fsp3) is 0.529. The van der Waals surface area contributed by atoms with Gasteiger partial charge >= 0.3 is 0 Å². The fourth-order valence-corrected chi connectivity index (χ4v) is 2.00. The number of rotatable bonds is 6. The zero-order chi connectivity index (χ0) is 16.9. The van der Waals surface area contributed by atoms with Crippen molar-refractivity contribution in [2.45, 2.75) is 27.7 Å². The molecule has 1 rings (SSSR count). The molecule has 0 unspecified atom stereocenters. The lowest BCUT2D eigenvalue weighted by molar-refractivity contribution is -0.138. The predicted octanol–water partition coefficient (Wildman–Crippen LogP) is 1.95. The molecule has 122 valence electrons. The SMILES string of the molecule is Cc1cccc(C)c1NC(=O)C(C)(C)C(=O)NCCN(C)C. The Bertz CT molecular complexity index is 531. The molecule has 0 saturated heterocycles. The molecule has 0 saturated carbocycles. The summed E-state index contributed by atoms with van der Waals surface area (Å²) in [6.45, 7) is 8.41. The molecule has 0 aliphatic rings. The van der Waals surface area contributed by atoms with Gasteiger partial charge in [-0.25, -0.2) is 0 Å². The normalized spacial score (nSPS) is 11.4. The number of anilines is 1. The Labute approximate surface area is 133 Å². The summed E-state index contributed by atoms with van der Waals surface area (Å²) in [6.07, 6.45) is 0. The molecule has 0 aliphatic carbocycles. The molecular weight excluding hydrogens is 278 g/mol. The zero-order valence-corrected chi connectivity index (χ0v) is 14.4. The molecule has 2 N–H and O–H groups in total. The van der Waals surface area contributed by atoms with E-state index in [9.17, 15) is 9.59 Å². The van der Waals surface area contributed by atoms with Gasteiger partial charge in [-0.1, -0.05) is 18.2 Å². The smallest absolute Gasteiger partial charge is 0.239 e. The second-order valence-electron chi connectivity index (χ2n) is 6.41. The zero-order valence-electron chi connectivity index (χ0n) is 14.4. The van der Waals surface area contributed by atoms with E-state index in [0.29, 0.717) is 6.54 Å². The van der Waals surface area contributed by atoms with E-state index in [0.717, 1.165) is 23.4 Å². The minimum absolute atomic E-state index is 0.266. The van der Waals surface area contributed by atoms with Gasteiger partial charge in [0.25, 0.3) is 0 Å². The highest BCUT2D eigenvalue weighted by Crippen LogP contribution is 2.24. The molecule has 0 atom stereocenters. The van der Waals surface area contributed by atoms with Gasteiger partial charge in [-0.05, 0) is 52.9 Å². The molecule has 2 amide bonds. The molecule has 0 aliphatic heterocycles. The van der Waals surface area contributed by atoms with Crippen LogP contribution in [0.25, 0.3) is 0 Å². The summed E-state index contributed by atoms with van der Waals surface area (Å²) < 4.78 is 0. The molecule has 22 heavy (non-hydrogen) atoms. The third kappa shape index (κ3) is 4.56. The summed E-state index contributed by atoms with van der Waals surface area (Å²) >= 11 is 0. The van der Waals surface area contributed by atoms with Gasteiger partial charge in [0.2, 0.25) is 11.8 Å². The van der Waals surface area contributed by atoms with Crippen molar-refractivity contribution >= 4 is 17.5 Å². The van der Waals surface area contributed by atoms with Gasteiger partial charge in [0.15, 0.2) is 0 Å². The summed E-state index contributed by atoms with van der Waals surface area (Å²) in [5, 5.41) is 5.70. The molecule has 1 aromatic carbocycles. The summed E-state index contributed by atoms with van der Waals surface area (Å²) in [5.41, 5.74) is 1.62. The van der Waals surface area contributed by atoms with Gasteiger partial charge in [0.1, 0.15) is 5.41 Å². The van der Waals surface area contributed by atoms with Gasteiger partial charge in [-0.3, -0.25) is 9.59 Å². The van der Waals surface area contributed by atoms with Crippen LogP contribution in [-0.2, 0) is 9.59 Å². The summed E-state index contributed by atoms with van der Waals surface area (Å²) in [6, 6.07) is 5.82. The molecule has 0 bridgehead atoms. The van der Waals surface area contributed by atoms with Crippen LogP contribution in [-0.4, -0.2) is 43.9 Å². The molecule has 0 fully saturated rings. The van der Waals surface area contributed by atoms with Crippen molar-refractivity contribution in [1.82, 2.24) is 10.2 Å². The second-order valence-corrected chi connectivity index (χ2v) is 6.41. The minimum Gasteiger partial charge on any atom is -0.354 e. The van der Waals surface area contributed by atoms with Crippen molar-refractivity contribution in [3.8, 4) is 0 Å². The van der Waals surface area contributed by atoms with Gasteiger partial charge in [0.05, 0.1) is 0 Å². The van der Waals surface area contributed by atoms with Crippen molar-refractivity contribution in [2.75, 3.05) is 32.5 Å². The largest absolute Gasteiger partial charge is 0.354 e. The molecule has 0 radical (unpaired) electrons. The lowest BCUT2D eigenvalue weighted by Gasteiger charge is -2.24. The number of para-hydroxylation sites is 1. The highest BCUT2D eigenvalue weighted by Gasteiger charge is 2.36. The first kappa shape index (κ1) is 18.2. The number of benzene rings is 1. The standard InChI is InChI=1S/C17H27N3O2/c1-12-8-7-9-13(2)14(12)19-16(22)17(3,4)15(21)18-10-11-20(5)6/h7-9H,10-11H2,1-6H3,(H,18,21)(H,19,22). The van der Waals surface area contributed by atoms with Crippen molar-refractivity contribution < 1.29 is 9.59 Å². The number of amides is 2. The third-order valence-electron chi connectivity index (χ3n) is 3.70. The molecular formula is C17H27N3O2. The monoisotopic (exact) mass is 305 g/mol. The minimum atomic E-state index is -1.12. The van der Waals surface area contributed by atoms with Gasteiger partial charge < -0.3 is 15.5 Å². The quantitative estimate of drug-likeness (QED) is 0.790. The number of hydrogen-bond donors (Lipinski definition) is 2. The van der Waals surface area contributed by atoms with Crippen LogP contribution in [0.4, 0.5) is 5.69 Å². The lowest BCUT2D eigenvalue weighted by Crippen LogP contribution is -2.46. The lowest BCUT2D eigenvalue weighted by atomic mass is 9.90. The van der Waals surface area contributed by atoms with Crippen molar-refractivity contribution in [3.63, 3.8) is 0 Å². The fourth-order valence-electron chi connectivity index (χ4n) is 2.00. The third-order valence-corrected chi connectivity index (χ3v) is 3.70. The van der Waals surface area contributed by atoms with Gasteiger partial charge in [-0.15, -0.1) is 0 Å². The molecule has 0 heterocycles. The molecule has 5 heteroatoms. The van der Waals surface area contributed by atoms with Gasteiger partial charge in [-0.2, -0.15) is 0 Å². The van der Waals surface area contributed by atoms with E-state index in [1.165, 1.54) is 0 Å². The Balaban J connectivity index is 2.76. The van der Waals surface area contributed by atoms with Crippen molar-refractivity contribution in [3.05, 3.63) is 29.3 Å². The number of nitrogens with zero attached hydrogens (tertiary/aromatic N) is 1.